The summed E-state index contributed by atoms with van der Waals surface area (Å²) in [6.45, 7) is 4.83. The highest BCUT2D eigenvalue weighted by Gasteiger charge is 2.32. The van der Waals surface area contributed by atoms with Gasteiger partial charge in [-0.05, 0) is 63.8 Å². The highest BCUT2D eigenvalue weighted by Crippen LogP contribution is 2.33. The van der Waals surface area contributed by atoms with Crippen molar-refractivity contribution in [3.63, 3.8) is 0 Å². The van der Waals surface area contributed by atoms with E-state index in [0.717, 1.165) is 29.0 Å². The average Bonchev–Trinajstić information content (AvgIpc) is 3.20. The van der Waals surface area contributed by atoms with Gasteiger partial charge in [0.25, 0.3) is 5.91 Å². The molecule has 0 bridgehead atoms. The van der Waals surface area contributed by atoms with E-state index >= 15 is 0 Å². The van der Waals surface area contributed by atoms with Crippen molar-refractivity contribution in [2.45, 2.75) is 20.0 Å². The fourth-order valence-corrected chi connectivity index (χ4v) is 3.85. The Labute approximate surface area is 226 Å². The fraction of sp³-hybridized carbons (Fsp3) is 0.333. The number of aryl methyl sites for hydroxylation is 2. The van der Waals surface area contributed by atoms with Crippen molar-refractivity contribution in [3.05, 3.63) is 76.7 Å². The van der Waals surface area contributed by atoms with Crippen LogP contribution >= 0.6 is 0 Å². The largest absolute Gasteiger partial charge is 0.416 e. The highest BCUT2D eigenvalue weighted by molar-refractivity contribution is 6.05. The molecule has 39 heavy (non-hydrogen) atoms. The van der Waals surface area contributed by atoms with E-state index in [1.54, 1.807) is 54.3 Å². The summed E-state index contributed by atoms with van der Waals surface area (Å²) in [5, 5.41) is 8.20. The van der Waals surface area contributed by atoms with Gasteiger partial charge in [0.2, 0.25) is 0 Å². The fourth-order valence-electron chi connectivity index (χ4n) is 3.85. The maximum atomic E-state index is 13.7. The molecule has 2 aromatic carbocycles. The van der Waals surface area contributed by atoms with Gasteiger partial charge in [-0.2, -0.15) is 18.3 Å². The standard InChI is InChI=1S/C27H35F3N8O/c1-17-7-8-21(14-25(17)38(32)16-24(31)23-15-33-37(6)18(23)2)34-26(39)19-11-20(27(28,29)30)13-22(12-19)36(5)10-9-35(3)4/h7-8,11-16H,9-10,31-32H2,1-6H3,(H,34,39)/b24-16-. The Bertz CT molecular complexity index is 1360. The molecule has 0 radical (unpaired) electrons. The Morgan fingerprint density at radius 1 is 1.10 bits per heavy atom. The number of carbonyl (C=O) groups excluding carboxylic acids is 1. The molecule has 0 atom stereocenters. The minimum atomic E-state index is -4.61. The number of anilines is 3. The van der Waals surface area contributed by atoms with Crippen molar-refractivity contribution in [1.82, 2.24) is 14.7 Å². The smallest absolute Gasteiger partial charge is 0.397 e. The molecule has 0 aliphatic carbocycles. The van der Waals surface area contributed by atoms with Crippen LogP contribution < -0.4 is 26.8 Å². The first-order valence-electron chi connectivity index (χ1n) is 12.2. The Balaban J connectivity index is 1.88. The minimum Gasteiger partial charge on any atom is -0.397 e. The summed E-state index contributed by atoms with van der Waals surface area (Å²) in [4.78, 5) is 16.7. The number of benzene rings is 2. The molecule has 1 aromatic heterocycles. The number of likely N-dealkylation sites (N-methyl/N-ethyl adjacent to an activating group) is 2. The van der Waals surface area contributed by atoms with Gasteiger partial charge in [-0.25, -0.2) is 5.84 Å². The molecular formula is C27H35F3N8O. The van der Waals surface area contributed by atoms with Gasteiger partial charge >= 0.3 is 6.18 Å². The van der Waals surface area contributed by atoms with Crippen molar-refractivity contribution in [2.24, 2.45) is 18.6 Å². The van der Waals surface area contributed by atoms with Gasteiger partial charge in [-0.15, -0.1) is 0 Å². The van der Waals surface area contributed by atoms with Crippen molar-refractivity contribution in [1.29, 1.82) is 0 Å². The number of hydrogen-bond acceptors (Lipinski definition) is 7. The molecule has 0 unspecified atom stereocenters. The Hall–Kier alpha value is -4.03. The molecular weight excluding hydrogens is 509 g/mol. The molecule has 9 nitrogen and oxygen atoms in total. The number of hydrazine groups is 1. The Morgan fingerprint density at radius 2 is 1.79 bits per heavy atom. The normalized spacial score (nSPS) is 12.1. The van der Waals surface area contributed by atoms with Crippen LogP contribution in [0.15, 0.2) is 48.8 Å². The van der Waals surface area contributed by atoms with E-state index in [0.29, 0.717) is 35.8 Å². The number of nitrogens with one attached hydrogen (secondary N) is 1. The molecule has 0 aliphatic heterocycles. The van der Waals surface area contributed by atoms with Crippen LogP contribution in [0.5, 0.6) is 0 Å². The zero-order valence-electron chi connectivity index (χ0n) is 23.0. The lowest BCUT2D eigenvalue weighted by Crippen LogP contribution is -2.29. The Kier molecular flexibility index (Phi) is 8.92. The summed E-state index contributed by atoms with van der Waals surface area (Å²) in [7, 11) is 7.25. The van der Waals surface area contributed by atoms with Gasteiger partial charge in [0, 0.05) is 61.6 Å². The monoisotopic (exact) mass is 544 g/mol. The number of nitrogens with zero attached hydrogens (tertiary/aromatic N) is 5. The quantitative estimate of drug-likeness (QED) is 0.277. The molecule has 210 valence electrons. The maximum absolute atomic E-state index is 13.7. The molecule has 0 aliphatic rings. The van der Waals surface area contributed by atoms with E-state index in [2.05, 4.69) is 10.4 Å². The first-order valence-corrected chi connectivity index (χ1v) is 12.2. The van der Waals surface area contributed by atoms with Gasteiger partial charge in [-0.1, -0.05) is 6.07 Å². The van der Waals surface area contributed by atoms with E-state index in [1.165, 1.54) is 11.1 Å². The number of amides is 1. The summed E-state index contributed by atoms with van der Waals surface area (Å²) < 4.78 is 42.7. The number of rotatable bonds is 9. The topological polar surface area (TPSA) is 109 Å². The van der Waals surface area contributed by atoms with Gasteiger partial charge in [0.05, 0.1) is 23.1 Å². The van der Waals surface area contributed by atoms with E-state index in [4.69, 9.17) is 11.6 Å². The van der Waals surface area contributed by atoms with Gasteiger partial charge in [0.15, 0.2) is 0 Å². The highest BCUT2D eigenvalue weighted by atomic mass is 19.4. The van der Waals surface area contributed by atoms with Crippen LogP contribution in [-0.4, -0.2) is 54.8 Å². The molecule has 12 heteroatoms. The minimum absolute atomic E-state index is 0.112. The lowest BCUT2D eigenvalue weighted by molar-refractivity contribution is -0.137. The SMILES string of the molecule is Cc1ccc(NC(=O)c2cc(N(C)CCN(C)C)cc(C(F)(F)F)c2)cc1N(N)/C=C(\N)c1cnn(C)c1C. The molecule has 0 saturated carbocycles. The van der Waals surface area contributed by atoms with Crippen molar-refractivity contribution in [3.8, 4) is 0 Å². The predicted octanol–water partition coefficient (Wildman–Crippen LogP) is 3.94. The molecule has 1 heterocycles. The van der Waals surface area contributed by atoms with Crippen LogP contribution in [0.1, 0.15) is 32.7 Å². The number of hydrogen-bond donors (Lipinski definition) is 3. The van der Waals surface area contributed by atoms with Crippen LogP contribution in [0.4, 0.5) is 30.2 Å². The lowest BCUT2D eigenvalue weighted by atomic mass is 10.1. The molecule has 0 saturated heterocycles. The third kappa shape index (κ3) is 7.30. The van der Waals surface area contributed by atoms with Crippen molar-refractivity contribution >= 4 is 28.7 Å². The molecule has 3 rings (SSSR count). The van der Waals surface area contributed by atoms with Crippen LogP contribution in [0.2, 0.25) is 0 Å². The molecule has 1 amide bonds. The van der Waals surface area contributed by atoms with Gasteiger partial charge in [0.1, 0.15) is 0 Å². The van der Waals surface area contributed by atoms with Crippen molar-refractivity contribution < 1.29 is 18.0 Å². The van der Waals surface area contributed by atoms with Gasteiger partial charge < -0.3 is 20.9 Å². The van der Waals surface area contributed by atoms with Crippen LogP contribution in [0.3, 0.4) is 0 Å². The maximum Gasteiger partial charge on any atom is 0.416 e. The van der Waals surface area contributed by atoms with E-state index < -0.39 is 17.6 Å². The summed E-state index contributed by atoms with van der Waals surface area (Å²) in [6, 6.07) is 8.37. The first-order chi connectivity index (χ1) is 18.2. The van der Waals surface area contributed by atoms with Crippen LogP contribution in [0.25, 0.3) is 5.70 Å². The second kappa shape index (κ2) is 11.8. The van der Waals surface area contributed by atoms with E-state index in [1.807, 2.05) is 32.8 Å². The molecule has 5 N–H and O–H groups in total. The second-order valence-electron chi connectivity index (χ2n) is 9.71. The third-order valence-corrected chi connectivity index (χ3v) is 6.40. The third-order valence-electron chi connectivity index (χ3n) is 6.40. The zero-order chi connectivity index (χ0) is 29.1. The lowest BCUT2D eigenvalue weighted by Gasteiger charge is -2.23. The first kappa shape index (κ1) is 29.5. The van der Waals surface area contributed by atoms with Gasteiger partial charge in [-0.3, -0.25) is 14.5 Å². The molecule has 0 fully saturated rings. The zero-order valence-corrected chi connectivity index (χ0v) is 23.0. The van der Waals surface area contributed by atoms with E-state index in [-0.39, 0.29) is 5.56 Å². The summed E-state index contributed by atoms with van der Waals surface area (Å²) in [5.41, 5.74) is 9.21. The number of carbonyl (C=O) groups is 1. The summed E-state index contributed by atoms with van der Waals surface area (Å²) >= 11 is 0. The summed E-state index contributed by atoms with van der Waals surface area (Å²) in [6.07, 6.45) is -1.43. The molecule has 3 aromatic rings. The number of alkyl halides is 3. The van der Waals surface area contributed by atoms with E-state index in [9.17, 15) is 18.0 Å². The van der Waals surface area contributed by atoms with Crippen LogP contribution in [0, 0.1) is 13.8 Å². The number of nitrogens with two attached hydrogens (primary N) is 2. The second-order valence-corrected chi connectivity index (χ2v) is 9.71. The van der Waals surface area contributed by atoms with Crippen LogP contribution in [-0.2, 0) is 13.2 Å². The van der Waals surface area contributed by atoms with Crippen molar-refractivity contribution in [2.75, 3.05) is 49.5 Å². The number of halogens is 3. The Morgan fingerprint density at radius 3 is 2.38 bits per heavy atom. The summed E-state index contributed by atoms with van der Waals surface area (Å²) in [5.74, 6) is 5.60. The average molecular weight is 545 g/mol. The molecule has 0 spiro atoms. The predicted molar refractivity (Wildman–Crippen MR) is 149 cm³/mol. The number of aromatic nitrogens is 2.